The third kappa shape index (κ3) is 5.21. The smallest absolute Gasteiger partial charge is 0.336 e. The predicted octanol–water partition coefficient (Wildman–Crippen LogP) is 6.43. The van der Waals surface area contributed by atoms with Gasteiger partial charge in [0.2, 0.25) is 0 Å². The van der Waals surface area contributed by atoms with Crippen LogP contribution in [0.5, 0.6) is 5.75 Å². The molecule has 2 aliphatic rings. The number of hydrogen-bond donors (Lipinski definition) is 0. The molecule has 2 unspecified atom stereocenters. The van der Waals surface area contributed by atoms with E-state index < -0.39 is 17.8 Å². The minimum atomic E-state index is -0.580. The molecule has 2 aromatic rings. The molecule has 0 radical (unpaired) electrons. The number of Topliss-reactive ketones (excluding diaryl/α,β-unsaturated/α-hetero) is 1. The molecule has 0 spiro atoms. The summed E-state index contributed by atoms with van der Waals surface area (Å²) in [4.78, 5) is 31.4. The van der Waals surface area contributed by atoms with Crippen molar-refractivity contribution < 1.29 is 19.1 Å². The van der Waals surface area contributed by atoms with Crippen LogP contribution in [-0.2, 0) is 14.3 Å². The van der Waals surface area contributed by atoms with E-state index in [-0.39, 0.29) is 24.4 Å². The van der Waals surface area contributed by atoms with Crippen molar-refractivity contribution in [1.29, 1.82) is 0 Å². The molecule has 178 valence electrons. The van der Waals surface area contributed by atoms with Gasteiger partial charge in [0.05, 0.1) is 11.5 Å². The molecular weight excluding hydrogens is 473 g/mol. The largest absolute Gasteiger partial charge is 0.490 e. The SMILES string of the molecule is CC1=C(C(=O)OCCOc2ccccc2)C(c2ccc(Cl)cc2Cl)C2C(=O)CC(C)(C)CC2=N1. The number of ether oxygens (including phenoxy) is 2. The molecule has 0 aromatic heterocycles. The van der Waals surface area contributed by atoms with Gasteiger partial charge in [-0.05, 0) is 48.6 Å². The summed E-state index contributed by atoms with van der Waals surface area (Å²) in [5.74, 6) is -0.911. The second-order valence-corrected chi connectivity index (χ2v) is 10.3. The fraction of sp³-hybridized carbons (Fsp3) is 0.370. The summed E-state index contributed by atoms with van der Waals surface area (Å²) in [5.41, 5.74) is 2.17. The normalized spacial score (nSPS) is 21.6. The van der Waals surface area contributed by atoms with Crippen LogP contribution in [0.2, 0.25) is 10.0 Å². The van der Waals surface area contributed by atoms with Gasteiger partial charge in [-0.2, -0.15) is 0 Å². The third-order valence-electron chi connectivity index (χ3n) is 6.21. The number of fused-ring (bicyclic) bond motifs is 1. The highest BCUT2D eigenvalue weighted by Gasteiger charge is 2.48. The summed E-state index contributed by atoms with van der Waals surface area (Å²) in [6.07, 6.45) is 1.08. The predicted molar refractivity (Wildman–Crippen MR) is 134 cm³/mol. The molecule has 7 heteroatoms. The van der Waals surface area contributed by atoms with Crippen LogP contribution in [0.25, 0.3) is 0 Å². The number of halogens is 2. The van der Waals surface area contributed by atoms with Crippen LogP contribution in [0.1, 0.15) is 45.1 Å². The number of carbonyl (C=O) groups is 2. The first-order valence-corrected chi connectivity index (χ1v) is 12.0. The topological polar surface area (TPSA) is 65.0 Å². The van der Waals surface area contributed by atoms with Gasteiger partial charge in [0, 0.05) is 33.8 Å². The summed E-state index contributed by atoms with van der Waals surface area (Å²) in [7, 11) is 0. The highest BCUT2D eigenvalue weighted by atomic mass is 35.5. The quantitative estimate of drug-likeness (QED) is 0.339. The Kier molecular flexibility index (Phi) is 7.15. The van der Waals surface area contributed by atoms with E-state index in [1.807, 2.05) is 30.3 Å². The van der Waals surface area contributed by atoms with Gasteiger partial charge in [-0.15, -0.1) is 0 Å². The number of carbonyl (C=O) groups excluding carboxylic acids is 2. The van der Waals surface area contributed by atoms with Crippen molar-refractivity contribution in [3.8, 4) is 5.75 Å². The van der Waals surface area contributed by atoms with Crippen LogP contribution >= 0.6 is 23.2 Å². The Morgan fingerprint density at radius 1 is 1.06 bits per heavy atom. The number of para-hydroxylation sites is 1. The zero-order valence-corrected chi connectivity index (χ0v) is 20.9. The van der Waals surface area contributed by atoms with Gasteiger partial charge in [0.25, 0.3) is 0 Å². The first kappa shape index (κ1) is 24.5. The molecule has 1 saturated carbocycles. The van der Waals surface area contributed by atoms with E-state index in [1.165, 1.54) is 0 Å². The fourth-order valence-corrected chi connectivity index (χ4v) is 5.36. The molecule has 0 amide bonds. The van der Waals surface area contributed by atoms with Gasteiger partial charge >= 0.3 is 5.97 Å². The highest BCUT2D eigenvalue weighted by molar-refractivity contribution is 6.35. The van der Waals surface area contributed by atoms with Crippen molar-refractivity contribution in [2.75, 3.05) is 13.2 Å². The maximum Gasteiger partial charge on any atom is 0.336 e. The third-order valence-corrected chi connectivity index (χ3v) is 6.77. The number of benzene rings is 2. The zero-order chi connectivity index (χ0) is 24.5. The molecule has 4 rings (SSSR count). The minimum absolute atomic E-state index is 0.0521. The lowest BCUT2D eigenvalue weighted by Crippen LogP contribution is -2.44. The van der Waals surface area contributed by atoms with Gasteiger partial charge in [-0.25, -0.2) is 4.79 Å². The minimum Gasteiger partial charge on any atom is -0.490 e. The molecule has 1 fully saturated rings. The number of esters is 1. The molecule has 0 N–H and O–H groups in total. The number of hydrogen-bond acceptors (Lipinski definition) is 5. The lowest BCUT2D eigenvalue weighted by atomic mass is 9.63. The molecule has 0 bridgehead atoms. The van der Waals surface area contributed by atoms with Crippen LogP contribution in [0.15, 0.2) is 64.8 Å². The Labute approximate surface area is 209 Å². The van der Waals surface area contributed by atoms with E-state index in [0.717, 1.165) is 5.71 Å². The lowest BCUT2D eigenvalue weighted by molar-refractivity contribution is -0.140. The van der Waals surface area contributed by atoms with Gasteiger partial charge in [-0.3, -0.25) is 9.79 Å². The second-order valence-electron chi connectivity index (χ2n) is 9.50. The van der Waals surface area contributed by atoms with Crippen LogP contribution in [0.4, 0.5) is 0 Å². The van der Waals surface area contributed by atoms with E-state index >= 15 is 0 Å². The highest BCUT2D eigenvalue weighted by Crippen LogP contribution is 2.48. The first-order valence-electron chi connectivity index (χ1n) is 11.3. The van der Waals surface area contributed by atoms with Crippen molar-refractivity contribution in [2.24, 2.45) is 16.3 Å². The number of ketones is 1. The maximum absolute atomic E-state index is 13.4. The number of allylic oxidation sites excluding steroid dienone is 1. The van der Waals surface area contributed by atoms with Gasteiger partial charge < -0.3 is 9.47 Å². The first-order chi connectivity index (χ1) is 16.2. The Bertz CT molecular complexity index is 1170. The number of aliphatic imine (C=N–C) groups is 1. The average Bonchev–Trinajstić information content (AvgIpc) is 2.75. The maximum atomic E-state index is 13.4. The van der Waals surface area contributed by atoms with E-state index in [0.29, 0.717) is 45.5 Å². The number of rotatable bonds is 6. The molecular formula is C27H27Cl2NO4. The summed E-state index contributed by atoms with van der Waals surface area (Å²) in [6.45, 7) is 6.17. The molecule has 34 heavy (non-hydrogen) atoms. The Hall–Kier alpha value is -2.63. The van der Waals surface area contributed by atoms with Gasteiger partial charge in [0.15, 0.2) is 0 Å². The zero-order valence-electron chi connectivity index (χ0n) is 19.4. The summed E-state index contributed by atoms with van der Waals surface area (Å²) < 4.78 is 11.2. The lowest BCUT2D eigenvalue weighted by Gasteiger charge is -2.41. The molecule has 0 saturated heterocycles. The second kappa shape index (κ2) is 9.93. The van der Waals surface area contributed by atoms with E-state index in [2.05, 4.69) is 13.8 Å². The van der Waals surface area contributed by atoms with Gasteiger partial charge in [-0.1, -0.05) is 61.3 Å². The molecule has 5 nitrogen and oxygen atoms in total. The van der Waals surface area contributed by atoms with Crippen LogP contribution in [0, 0.1) is 11.3 Å². The summed E-state index contributed by atoms with van der Waals surface area (Å²) in [6, 6.07) is 14.4. The monoisotopic (exact) mass is 499 g/mol. The fourth-order valence-electron chi connectivity index (χ4n) is 4.84. The van der Waals surface area contributed by atoms with Crippen LogP contribution in [0.3, 0.4) is 0 Å². The molecule has 2 aromatic carbocycles. The van der Waals surface area contributed by atoms with Crippen molar-refractivity contribution in [3.63, 3.8) is 0 Å². The van der Waals surface area contributed by atoms with Crippen molar-refractivity contribution in [3.05, 3.63) is 75.4 Å². The molecule has 2 atom stereocenters. The van der Waals surface area contributed by atoms with Crippen LogP contribution in [-0.4, -0.2) is 30.7 Å². The van der Waals surface area contributed by atoms with Gasteiger partial charge in [0.1, 0.15) is 24.7 Å². The number of nitrogens with zero attached hydrogens (tertiary/aromatic N) is 1. The summed E-state index contributed by atoms with van der Waals surface area (Å²) >= 11 is 12.7. The van der Waals surface area contributed by atoms with Crippen molar-refractivity contribution >= 4 is 40.7 Å². The van der Waals surface area contributed by atoms with Crippen molar-refractivity contribution in [1.82, 2.24) is 0 Å². The Morgan fingerprint density at radius 2 is 1.79 bits per heavy atom. The van der Waals surface area contributed by atoms with E-state index in [9.17, 15) is 9.59 Å². The molecule has 1 aliphatic carbocycles. The molecule has 1 heterocycles. The van der Waals surface area contributed by atoms with Crippen molar-refractivity contribution in [2.45, 2.75) is 39.5 Å². The Balaban J connectivity index is 1.64. The van der Waals surface area contributed by atoms with E-state index in [1.54, 1.807) is 25.1 Å². The standard InChI is InChI=1S/C27H27Cl2NO4/c1-16-23(26(32)34-12-11-33-18-7-5-4-6-8-18)24(19-10-9-17(28)13-20(19)29)25-21(30-16)14-27(2,3)15-22(25)31/h4-10,13,24-25H,11-12,14-15H2,1-3H3. The molecule has 1 aliphatic heterocycles. The van der Waals surface area contributed by atoms with E-state index in [4.69, 9.17) is 37.7 Å². The average molecular weight is 500 g/mol. The summed E-state index contributed by atoms with van der Waals surface area (Å²) in [5, 5.41) is 0.888. The Morgan fingerprint density at radius 3 is 2.50 bits per heavy atom. The van der Waals surface area contributed by atoms with Crippen LogP contribution < -0.4 is 4.74 Å².